The SMILES string of the molecule is CC(=O)Nc1cccc(C2CCN(CCNC(=O)c3cc4ccccc4o3)CC2)c1. The van der Waals surface area contributed by atoms with Crippen molar-refractivity contribution in [3.63, 3.8) is 0 Å². The topological polar surface area (TPSA) is 74.6 Å². The summed E-state index contributed by atoms with van der Waals surface area (Å²) in [6, 6.07) is 17.5. The van der Waals surface area contributed by atoms with E-state index in [0.717, 1.165) is 49.1 Å². The van der Waals surface area contributed by atoms with E-state index in [2.05, 4.69) is 27.7 Å². The molecule has 2 aromatic carbocycles. The zero-order chi connectivity index (χ0) is 20.9. The van der Waals surface area contributed by atoms with Crippen LogP contribution in [0.3, 0.4) is 0 Å². The summed E-state index contributed by atoms with van der Waals surface area (Å²) in [5.74, 6) is 0.636. The Balaban J connectivity index is 1.23. The van der Waals surface area contributed by atoms with E-state index in [1.54, 1.807) is 6.07 Å². The second-order valence-electron chi connectivity index (χ2n) is 7.83. The van der Waals surface area contributed by atoms with E-state index in [9.17, 15) is 9.59 Å². The Kier molecular flexibility index (Phi) is 6.14. The summed E-state index contributed by atoms with van der Waals surface area (Å²) >= 11 is 0. The molecule has 2 N–H and O–H groups in total. The Hall–Kier alpha value is -3.12. The molecular formula is C24H27N3O3. The average molecular weight is 405 g/mol. The first-order valence-electron chi connectivity index (χ1n) is 10.4. The molecule has 3 aromatic rings. The number of fused-ring (bicyclic) bond motifs is 1. The van der Waals surface area contributed by atoms with Gasteiger partial charge >= 0.3 is 0 Å². The number of rotatable bonds is 6. The second-order valence-corrected chi connectivity index (χ2v) is 7.83. The number of likely N-dealkylation sites (tertiary alicyclic amines) is 1. The zero-order valence-electron chi connectivity index (χ0n) is 17.2. The summed E-state index contributed by atoms with van der Waals surface area (Å²) in [6.45, 7) is 4.94. The summed E-state index contributed by atoms with van der Waals surface area (Å²) in [6.07, 6.45) is 2.14. The molecule has 0 aliphatic carbocycles. The van der Waals surface area contributed by atoms with Gasteiger partial charge in [0.1, 0.15) is 5.58 Å². The number of nitrogens with one attached hydrogen (secondary N) is 2. The number of furan rings is 1. The lowest BCUT2D eigenvalue weighted by Crippen LogP contribution is -2.39. The number of hydrogen-bond donors (Lipinski definition) is 2. The minimum Gasteiger partial charge on any atom is -0.451 e. The van der Waals surface area contributed by atoms with E-state index < -0.39 is 0 Å². The average Bonchev–Trinajstić information content (AvgIpc) is 3.18. The Bertz CT molecular complexity index is 1000. The van der Waals surface area contributed by atoms with Crippen molar-refractivity contribution >= 4 is 28.5 Å². The fourth-order valence-corrected chi connectivity index (χ4v) is 4.07. The van der Waals surface area contributed by atoms with Gasteiger partial charge in [0.2, 0.25) is 5.91 Å². The van der Waals surface area contributed by atoms with Gasteiger partial charge in [-0.3, -0.25) is 9.59 Å². The molecule has 0 spiro atoms. The van der Waals surface area contributed by atoms with Gasteiger partial charge in [0.05, 0.1) is 0 Å². The maximum absolute atomic E-state index is 12.3. The molecule has 1 aliphatic rings. The lowest BCUT2D eigenvalue weighted by atomic mass is 9.89. The monoisotopic (exact) mass is 405 g/mol. The Morgan fingerprint density at radius 1 is 1.07 bits per heavy atom. The molecule has 4 rings (SSSR count). The maximum atomic E-state index is 12.3. The van der Waals surface area contributed by atoms with Gasteiger partial charge in [-0.15, -0.1) is 0 Å². The third-order valence-corrected chi connectivity index (χ3v) is 5.63. The Labute approximate surface area is 176 Å². The first-order valence-corrected chi connectivity index (χ1v) is 10.4. The molecule has 2 heterocycles. The fourth-order valence-electron chi connectivity index (χ4n) is 4.07. The molecule has 30 heavy (non-hydrogen) atoms. The molecular weight excluding hydrogens is 378 g/mol. The van der Waals surface area contributed by atoms with E-state index in [-0.39, 0.29) is 11.8 Å². The van der Waals surface area contributed by atoms with Crippen LogP contribution in [0.25, 0.3) is 11.0 Å². The second kappa shape index (κ2) is 9.13. The van der Waals surface area contributed by atoms with Gasteiger partial charge in [-0.1, -0.05) is 30.3 Å². The summed E-state index contributed by atoms with van der Waals surface area (Å²) in [4.78, 5) is 26.0. The highest BCUT2D eigenvalue weighted by molar-refractivity contribution is 5.96. The molecule has 1 fully saturated rings. The van der Waals surface area contributed by atoms with Crippen LogP contribution < -0.4 is 10.6 Å². The quantitative estimate of drug-likeness (QED) is 0.650. The molecule has 0 bridgehead atoms. The first-order chi connectivity index (χ1) is 14.6. The van der Waals surface area contributed by atoms with Gasteiger partial charge in [0.25, 0.3) is 5.91 Å². The first kappa shape index (κ1) is 20.2. The van der Waals surface area contributed by atoms with Crippen molar-refractivity contribution in [1.82, 2.24) is 10.2 Å². The van der Waals surface area contributed by atoms with E-state index in [0.29, 0.717) is 18.2 Å². The number of carbonyl (C=O) groups is 2. The summed E-state index contributed by atoms with van der Waals surface area (Å²) in [7, 11) is 0. The van der Waals surface area contributed by atoms with E-state index in [4.69, 9.17) is 4.42 Å². The van der Waals surface area contributed by atoms with Crippen LogP contribution in [0.2, 0.25) is 0 Å². The van der Waals surface area contributed by atoms with Crippen LogP contribution in [0.1, 0.15) is 41.8 Å². The van der Waals surface area contributed by atoms with Crippen LogP contribution in [0, 0.1) is 0 Å². The van der Waals surface area contributed by atoms with Crippen molar-refractivity contribution < 1.29 is 14.0 Å². The molecule has 0 radical (unpaired) electrons. The number of amides is 2. The highest BCUT2D eigenvalue weighted by Crippen LogP contribution is 2.29. The summed E-state index contributed by atoms with van der Waals surface area (Å²) in [5.41, 5.74) is 2.86. The maximum Gasteiger partial charge on any atom is 0.287 e. The van der Waals surface area contributed by atoms with Crippen LogP contribution in [0.5, 0.6) is 0 Å². The van der Waals surface area contributed by atoms with Crippen molar-refractivity contribution in [2.45, 2.75) is 25.7 Å². The number of carbonyl (C=O) groups excluding carboxylic acids is 2. The van der Waals surface area contributed by atoms with Gasteiger partial charge in [-0.05, 0) is 61.7 Å². The third-order valence-electron chi connectivity index (χ3n) is 5.63. The molecule has 6 heteroatoms. The van der Waals surface area contributed by atoms with Gasteiger partial charge in [-0.25, -0.2) is 0 Å². The molecule has 0 atom stereocenters. The van der Waals surface area contributed by atoms with E-state index in [1.165, 1.54) is 12.5 Å². The van der Waals surface area contributed by atoms with Gasteiger partial charge in [0.15, 0.2) is 5.76 Å². The summed E-state index contributed by atoms with van der Waals surface area (Å²) < 4.78 is 5.62. The van der Waals surface area contributed by atoms with Crippen molar-refractivity contribution in [1.29, 1.82) is 0 Å². The number of hydrogen-bond acceptors (Lipinski definition) is 4. The van der Waals surface area contributed by atoms with Crippen LogP contribution in [0.15, 0.2) is 59.0 Å². The fraction of sp³-hybridized carbons (Fsp3) is 0.333. The molecule has 6 nitrogen and oxygen atoms in total. The Morgan fingerprint density at radius 2 is 1.87 bits per heavy atom. The smallest absolute Gasteiger partial charge is 0.287 e. The van der Waals surface area contributed by atoms with Crippen molar-refractivity contribution in [3.8, 4) is 0 Å². The van der Waals surface area contributed by atoms with Crippen molar-refractivity contribution in [2.75, 3.05) is 31.5 Å². The van der Waals surface area contributed by atoms with Gasteiger partial charge in [0, 0.05) is 31.1 Å². The molecule has 1 aromatic heterocycles. The molecule has 0 saturated carbocycles. The minimum atomic E-state index is -0.170. The molecule has 2 amide bonds. The highest BCUT2D eigenvalue weighted by atomic mass is 16.3. The predicted octanol–water partition coefficient (Wildman–Crippen LogP) is 4.00. The van der Waals surface area contributed by atoms with Gasteiger partial charge in [-0.2, -0.15) is 0 Å². The van der Waals surface area contributed by atoms with Crippen molar-refractivity contribution in [2.24, 2.45) is 0 Å². The normalized spacial score (nSPS) is 15.2. The standard InChI is InChI=1S/C24H27N3O3/c1-17(28)26-21-7-4-6-19(15-21)18-9-12-27(13-10-18)14-11-25-24(29)23-16-20-5-2-3-8-22(20)30-23/h2-8,15-16,18H,9-14H2,1H3,(H,25,29)(H,26,28). The summed E-state index contributed by atoms with van der Waals surface area (Å²) in [5, 5.41) is 6.75. The molecule has 156 valence electrons. The largest absolute Gasteiger partial charge is 0.451 e. The minimum absolute atomic E-state index is 0.0494. The number of nitrogens with zero attached hydrogens (tertiary/aromatic N) is 1. The zero-order valence-corrected chi connectivity index (χ0v) is 17.2. The van der Waals surface area contributed by atoms with Crippen LogP contribution in [-0.2, 0) is 4.79 Å². The number of anilines is 1. The van der Waals surface area contributed by atoms with Crippen LogP contribution in [-0.4, -0.2) is 42.9 Å². The predicted molar refractivity (Wildman–Crippen MR) is 118 cm³/mol. The molecule has 0 unspecified atom stereocenters. The molecule has 1 aliphatic heterocycles. The Morgan fingerprint density at radius 3 is 2.63 bits per heavy atom. The number of para-hydroxylation sites is 1. The lowest BCUT2D eigenvalue weighted by Gasteiger charge is -2.32. The number of benzene rings is 2. The third kappa shape index (κ3) is 4.89. The van der Waals surface area contributed by atoms with Gasteiger partial charge < -0.3 is 20.0 Å². The van der Waals surface area contributed by atoms with Crippen LogP contribution >= 0.6 is 0 Å². The molecule has 1 saturated heterocycles. The van der Waals surface area contributed by atoms with Crippen molar-refractivity contribution in [3.05, 3.63) is 65.9 Å². The number of piperidine rings is 1. The van der Waals surface area contributed by atoms with E-state index >= 15 is 0 Å². The lowest BCUT2D eigenvalue weighted by molar-refractivity contribution is -0.114. The van der Waals surface area contributed by atoms with E-state index in [1.807, 2.05) is 36.4 Å². The van der Waals surface area contributed by atoms with Crippen LogP contribution in [0.4, 0.5) is 5.69 Å². The highest BCUT2D eigenvalue weighted by Gasteiger charge is 2.21.